The Morgan fingerprint density at radius 3 is 2.90 bits per heavy atom. The van der Waals surface area contributed by atoms with Crippen LogP contribution in [0.4, 0.5) is 16.3 Å². The minimum Gasteiger partial charge on any atom is -0.444 e. The van der Waals surface area contributed by atoms with E-state index in [0.717, 1.165) is 6.42 Å². The Labute approximate surface area is 128 Å². The second kappa shape index (κ2) is 5.93. The first kappa shape index (κ1) is 15.6. The lowest BCUT2D eigenvalue weighted by molar-refractivity contribution is 0.0293. The summed E-state index contributed by atoms with van der Waals surface area (Å²) in [5, 5.41) is 3.40. The number of ether oxygens (including phenoxy) is 1. The normalized spacial score (nSPS) is 18.7. The third-order valence-corrected chi connectivity index (χ3v) is 3.32. The molecule has 2 heterocycles. The van der Waals surface area contributed by atoms with Gasteiger partial charge in [-0.1, -0.05) is 11.6 Å². The molecule has 1 aromatic heterocycles. The third-order valence-electron chi connectivity index (χ3n) is 3.02. The Kier molecular flexibility index (Phi) is 4.41. The van der Waals surface area contributed by atoms with Crippen molar-refractivity contribution in [2.24, 2.45) is 0 Å². The van der Waals surface area contributed by atoms with Crippen LogP contribution in [0.1, 0.15) is 27.2 Å². The molecule has 1 aromatic rings. The summed E-state index contributed by atoms with van der Waals surface area (Å²) in [6.45, 7) is 6.71. The molecule has 0 bridgehead atoms. The topological polar surface area (TPSA) is 93.4 Å². The van der Waals surface area contributed by atoms with Gasteiger partial charge in [-0.05, 0) is 27.2 Å². The molecule has 3 N–H and O–H groups in total. The number of amides is 1. The minimum absolute atomic E-state index is 0.0609. The highest BCUT2D eigenvalue weighted by Gasteiger charge is 2.30. The summed E-state index contributed by atoms with van der Waals surface area (Å²) in [7, 11) is 0. The molecule has 1 saturated heterocycles. The summed E-state index contributed by atoms with van der Waals surface area (Å²) in [5.41, 5.74) is 5.64. The molecule has 21 heavy (non-hydrogen) atoms. The van der Waals surface area contributed by atoms with Crippen LogP contribution in [-0.4, -0.2) is 45.7 Å². The van der Waals surface area contributed by atoms with E-state index in [9.17, 15) is 4.79 Å². The molecule has 1 atom stereocenters. The van der Waals surface area contributed by atoms with Gasteiger partial charge in [-0.15, -0.1) is 0 Å². The zero-order valence-corrected chi connectivity index (χ0v) is 13.1. The number of anilines is 2. The van der Waals surface area contributed by atoms with Gasteiger partial charge in [-0.3, -0.25) is 0 Å². The highest BCUT2D eigenvalue weighted by molar-refractivity contribution is 6.32. The smallest absolute Gasteiger partial charge is 0.410 e. The molecule has 7 nitrogen and oxygen atoms in total. The fourth-order valence-corrected chi connectivity index (χ4v) is 2.19. The van der Waals surface area contributed by atoms with E-state index in [0.29, 0.717) is 24.6 Å². The second-order valence-corrected chi connectivity index (χ2v) is 6.34. The predicted molar refractivity (Wildman–Crippen MR) is 81.3 cm³/mol. The molecule has 0 aromatic carbocycles. The summed E-state index contributed by atoms with van der Waals surface area (Å²) in [6.07, 6.45) is 1.84. The van der Waals surface area contributed by atoms with E-state index >= 15 is 0 Å². The highest BCUT2D eigenvalue weighted by Crippen LogP contribution is 2.24. The SMILES string of the molecule is CC(C)(C)OC(=O)N1CC[C@@H](Nc2ncnc(Cl)c2N)C1. The van der Waals surface area contributed by atoms with Crippen molar-refractivity contribution < 1.29 is 9.53 Å². The van der Waals surface area contributed by atoms with Crippen molar-refractivity contribution in [3.05, 3.63) is 11.5 Å². The van der Waals surface area contributed by atoms with E-state index in [1.54, 1.807) is 4.90 Å². The molecule has 1 aliphatic heterocycles. The van der Waals surface area contributed by atoms with Crippen molar-refractivity contribution in [1.82, 2.24) is 14.9 Å². The standard InChI is InChI=1S/C13H20ClN5O2/c1-13(2,3)21-12(20)19-5-4-8(6-19)18-11-9(15)10(14)16-7-17-11/h7-8H,4-6,15H2,1-3H3,(H,16,17,18)/t8-/m1/s1. The van der Waals surface area contributed by atoms with E-state index in [1.807, 2.05) is 20.8 Å². The van der Waals surface area contributed by atoms with Crippen LogP contribution in [0.15, 0.2) is 6.33 Å². The number of nitrogens with one attached hydrogen (secondary N) is 1. The summed E-state index contributed by atoms with van der Waals surface area (Å²) in [5.74, 6) is 0.492. The minimum atomic E-state index is -0.493. The molecule has 0 aliphatic carbocycles. The Bertz CT molecular complexity index is 532. The maximum Gasteiger partial charge on any atom is 0.410 e. The largest absolute Gasteiger partial charge is 0.444 e. The molecule has 0 spiro atoms. The van der Waals surface area contributed by atoms with Gasteiger partial charge in [0.1, 0.15) is 17.6 Å². The first-order valence-corrected chi connectivity index (χ1v) is 7.14. The lowest BCUT2D eigenvalue weighted by Gasteiger charge is -2.24. The van der Waals surface area contributed by atoms with Crippen molar-refractivity contribution >= 4 is 29.2 Å². The number of nitrogens with zero attached hydrogens (tertiary/aromatic N) is 3. The van der Waals surface area contributed by atoms with Crippen LogP contribution in [0.25, 0.3) is 0 Å². The van der Waals surface area contributed by atoms with Gasteiger partial charge in [0.2, 0.25) is 0 Å². The number of nitrogens with two attached hydrogens (primary N) is 1. The zero-order chi connectivity index (χ0) is 15.6. The number of rotatable bonds is 2. The fraction of sp³-hybridized carbons (Fsp3) is 0.615. The Hall–Kier alpha value is -1.76. The maximum atomic E-state index is 12.0. The number of carbonyl (C=O) groups is 1. The van der Waals surface area contributed by atoms with Gasteiger partial charge in [0.05, 0.1) is 0 Å². The van der Waals surface area contributed by atoms with Crippen molar-refractivity contribution in [2.75, 3.05) is 24.1 Å². The number of halogens is 1. The molecule has 1 amide bonds. The molecular weight excluding hydrogens is 294 g/mol. The second-order valence-electron chi connectivity index (χ2n) is 5.98. The summed E-state index contributed by atoms with van der Waals surface area (Å²) in [6, 6.07) is 0.0609. The first-order valence-electron chi connectivity index (χ1n) is 6.76. The number of hydrogen-bond donors (Lipinski definition) is 2. The number of hydrogen-bond acceptors (Lipinski definition) is 6. The van der Waals surface area contributed by atoms with Gasteiger partial charge in [0, 0.05) is 19.1 Å². The molecule has 1 aliphatic rings. The van der Waals surface area contributed by atoms with Gasteiger partial charge < -0.3 is 20.7 Å². The molecule has 0 radical (unpaired) electrons. The van der Waals surface area contributed by atoms with Gasteiger partial charge in [-0.2, -0.15) is 0 Å². The lowest BCUT2D eigenvalue weighted by atomic mass is 10.2. The number of likely N-dealkylation sites (tertiary alicyclic amines) is 1. The molecule has 116 valence electrons. The van der Waals surface area contributed by atoms with Gasteiger partial charge in [0.25, 0.3) is 0 Å². The predicted octanol–water partition coefficient (Wildman–Crippen LogP) is 2.13. The number of nitrogen functional groups attached to an aromatic ring is 1. The van der Waals surface area contributed by atoms with Crippen molar-refractivity contribution in [1.29, 1.82) is 0 Å². The average Bonchev–Trinajstić information content (AvgIpc) is 2.82. The Morgan fingerprint density at radius 2 is 2.24 bits per heavy atom. The zero-order valence-electron chi connectivity index (χ0n) is 12.4. The monoisotopic (exact) mass is 313 g/mol. The number of aromatic nitrogens is 2. The van der Waals surface area contributed by atoms with Crippen LogP contribution in [0.5, 0.6) is 0 Å². The van der Waals surface area contributed by atoms with Crippen molar-refractivity contribution in [3.8, 4) is 0 Å². The average molecular weight is 314 g/mol. The fourth-order valence-electron chi connectivity index (χ4n) is 2.05. The summed E-state index contributed by atoms with van der Waals surface area (Å²) in [4.78, 5) is 21.5. The lowest BCUT2D eigenvalue weighted by Crippen LogP contribution is -2.36. The van der Waals surface area contributed by atoms with E-state index in [1.165, 1.54) is 6.33 Å². The maximum absolute atomic E-state index is 12.0. The molecular formula is C13H20ClN5O2. The van der Waals surface area contributed by atoms with Crippen LogP contribution >= 0.6 is 11.6 Å². The van der Waals surface area contributed by atoms with Crippen LogP contribution in [-0.2, 0) is 4.74 Å². The first-order chi connectivity index (χ1) is 9.76. The van der Waals surface area contributed by atoms with Crippen LogP contribution in [0.3, 0.4) is 0 Å². The molecule has 0 unspecified atom stereocenters. The summed E-state index contributed by atoms with van der Waals surface area (Å²) < 4.78 is 5.35. The van der Waals surface area contributed by atoms with Gasteiger partial charge in [0.15, 0.2) is 11.0 Å². The van der Waals surface area contributed by atoms with Crippen LogP contribution < -0.4 is 11.1 Å². The van der Waals surface area contributed by atoms with E-state index < -0.39 is 5.60 Å². The molecule has 0 saturated carbocycles. The van der Waals surface area contributed by atoms with Crippen LogP contribution in [0, 0.1) is 0 Å². The number of carbonyl (C=O) groups excluding carboxylic acids is 1. The van der Waals surface area contributed by atoms with E-state index in [2.05, 4.69) is 15.3 Å². The Balaban J connectivity index is 1.94. The Morgan fingerprint density at radius 1 is 1.52 bits per heavy atom. The molecule has 1 fully saturated rings. The van der Waals surface area contributed by atoms with E-state index in [4.69, 9.17) is 22.1 Å². The third kappa shape index (κ3) is 4.10. The highest BCUT2D eigenvalue weighted by atomic mass is 35.5. The van der Waals surface area contributed by atoms with E-state index in [-0.39, 0.29) is 17.3 Å². The van der Waals surface area contributed by atoms with Crippen molar-refractivity contribution in [2.45, 2.75) is 38.8 Å². The van der Waals surface area contributed by atoms with Crippen molar-refractivity contribution in [3.63, 3.8) is 0 Å². The summed E-state index contributed by atoms with van der Waals surface area (Å²) >= 11 is 5.85. The molecule has 8 heteroatoms. The van der Waals surface area contributed by atoms with Crippen LogP contribution in [0.2, 0.25) is 5.15 Å². The van der Waals surface area contributed by atoms with Gasteiger partial charge in [-0.25, -0.2) is 14.8 Å². The van der Waals surface area contributed by atoms with Gasteiger partial charge >= 0.3 is 6.09 Å². The quantitative estimate of drug-likeness (QED) is 0.812. The molecule has 2 rings (SSSR count).